The van der Waals surface area contributed by atoms with Crippen LogP contribution in [0.15, 0.2) is 121 Å². The maximum atomic E-state index is 13.1. The van der Waals surface area contributed by atoms with Gasteiger partial charge in [0.25, 0.3) is 0 Å². The number of hydrogen-bond acceptors (Lipinski definition) is 1. The van der Waals surface area contributed by atoms with Gasteiger partial charge in [-0.25, -0.2) is 0 Å². The third kappa shape index (κ3) is 4.59. The second kappa shape index (κ2) is 9.28. The Morgan fingerprint density at radius 2 is 1.07 bits per heavy atom. The van der Waals surface area contributed by atoms with Crippen LogP contribution in [0.25, 0.3) is 6.08 Å². The molecule has 0 amide bonds. The van der Waals surface area contributed by atoms with Gasteiger partial charge in [-0.3, -0.25) is 4.79 Å². The van der Waals surface area contributed by atoms with E-state index in [1.54, 1.807) is 6.08 Å². The molecule has 4 aromatic rings. The fraction of sp³-hybridized carbons (Fsp3) is 0. The van der Waals surface area contributed by atoms with E-state index in [-0.39, 0.29) is 5.78 Å². The number of hydrogen-bond donors (Lipinski definition) is 0. The second-order valence-electron chi connectivity index (χ2n) is 6.63. The van der Waals surface area contributed by atoms with Crippen molar-refractivity contribution >= 4 is 35.7 Å². The molecule has 0 spiro atoms. The zero-order valence-electron chi connectivity index (χ0n) is 16.0. The van der Waals surface area contributed by atoms with Crippen LogP contribution in [0.2, 0.25) is 0 Å². The molecule has 29 heavy (non-hydrogen) atoms. The predicted molar refractivity (Wildman–Crippen MR) is 125 cm³/mol. The van der Waals surface area contributed by atoms with Gasteiger partial charge in [-0.2, -0.15) is 0 Å². The van der Waals surface area contributed by atoms with E-state index < -0.39 is 7.92 Å². The van der Waals surface area contributed by atoms with Gasteiger partial charge >= 0.3 is 0 Å². The molecule has 0 fully saturated rings. The van der Waals surface area contributed by atoms with Crippen molar-refractivity contribution in [2.75, 3.05) is 0 Å². The molecule has 0 bridgehead atoms. The quantitative estimate of drug-likeness (QED) is 0.246. The van der Waals surface area contributed by atoms with Gasteiger partial charge < -0.3 is 0 Å². The summed E-state index contributed by atoms with van der Waals surface area (Å²) in [6.45, 7) is 0. The van der Waals surface area contributed by atoms with E-state index in [0.29, 0.717) is 0 Å². The summed E-state index contributed by atoms with van der Waals surface area (Å²) in [5.41, 5.74) is 1.78. The molecule has 4 rings (SSSR count). The Kier molecular flexibility index (Phi) is 6.10. The fourth-order valence-electron chi connectivity index (χ4n) is 3.28. The van der Waals surface area contributed by atoms with Crippen molar-refractivity contribution in [1.82, 2.24) is 0 Å². The molecular formula is C27H21OP. The van der Waals surface area contributed by atoms with Crippen LogP contribution in [0, 0.1) is 0 Å². The minimum atomic E-state index is -0.819. The van der Waals surface area contributed by atoms with Crippen molar-refractivity contribution in [1.29, 1.82) is 0 Å². The summed E-state index contributed by atoms with van der Waals surface area (Å²) in [5.74, 6) is 0.0313. The predicted octanol–water partition coefficient (Wildman–Crippen LogP) is 5.34. The monoisotopic (exact) mass is 392 g/mol. The SMILES string of the molecule is O=C(C=Cc1ccccc1)c1ccccc1P(c1ccccc1)c1ccccc1. The molecule has 0 aromatic heterocycles. The summed E-state index contributed by atoms with van der Waals surface area (Å²) in [6.07, 6.45) is 3.56. The van der Waals surface area contributed by atoms with Gasteiger partial charge in [0.15, 0.2) is 5.78 Å². The third-order valence-corrected chi connectivity index (χ3v) is 7.17. The van der Waals surface area contributed by atoms with Gasteiger partial charge in [0.05, 0.1) is 0 Å². The van der Waals surface area contributed by atoms with E-state index in [9.17, 15) is 4.79 Å². The van der Waals surface area contributed by atoms with Crippen LogP contribution in [0.1, 0.15) is 15.9 Å². The van der Waals surface area contributed by atoms with Gasteiger partial charge in [0.1, 0.15) is 0 Å². The highest BCUT2D eigenvalue weighted by Gasteiger charge is 2.21. The zero-order valence-corrected chi connectivity index (χ0v) is 16.9. The lowest BCUT2D eigenvalue weighted by Gasteiger charge is -2.21. The Morgan fingerprint density at radius 3 is 1.66 bits per heavy atom. The standard InChI is InChI=1S/C27H21OP/c28-26(21-20-22-12-4-1-5-13-22)25-18-10-11-19-27(25)29(23-14-6-2-7-15-23)24-16-8-3-9-17-24/h1-21H. The first kappa shape index (κ1) is 19.1. The number of carbonyl (C=O) groups is 1. The van der Waals surface area contributed by atoms with Crippen molar-refractivity contribution in [3.63, 3.8) is 0 Å². The summed E-state index contributed by atoms with van der Waals surface area (Å²) in [7, 11) is -0.819. The Bertz CT molecular complexity index is 1060. The molecule has 140 valence electrons. The highest BCUT2D eigenvalue weighted by atomic mass is 31.1. The van der Waals surface area contributed by atoms with Crippen molar-refractivity contribution < 1.29 is 4.79 Å². The van der Waals surface area contributed by atoms with Crippen LogP contribution in [0.5, 0.6) is 0 Å². The topological polar surface area (TPSA) is 17.1 Å². The number of benzene rings is 4. The van der Waals surface area contributed by atoms with E-state index in [4.69, 9.17) is 0 Å². The van der Waals surface area contributed by atoms with Gasteiger partial charge in [-0.1, -0.05) is 121 Å². The highest BCUT2D eigenvalue weighted by Crippen LogP contribution is 2.34. The van der Waals surface area contributed by atoms with Gasteiger partial charge in [0, 0.05) is 5.56 Å². The molecule has 0 unspecified atom stereocenters. The van der Waals surface area contributed by atoms with E-state index in [2.05, 4.69) is 54.6 Å². The van der Waals surface area contributed by atoms with Gasteiger partial charge in [-0.15, -0.1) is 0 Å². The Labute approximate surface area is 173 Å². The van der Waals surface area contributed by atoms with Gasteiger partial charge in [0.2, 0.25) is 0 Å². The number of ketones is 1. The molecule has 0 heterocycles. The molecule has 1 nitrogen and oxygen atoms in total. The summed E-state index contributed by atoms with van der Waals surface area (Å²) < 4.78 is 0. The molecule has 0 aliphatic heterocycles. The van der Waals surface area contributed by atoms with Crippen LogP contribution < -0.4 is 15.9 Å². The van der Waals surface area contributed by atoms with Crippen LogP contribution in [-0.2, 0) is 0 Å². The van der Waals surface area contributed by atoms with Crippen molar-refractivity contribution in [3.8, 4) is 0 Å². The maximum absolute atomic E-state index is 13.1. The zero-order chi connectivity index (χ0) is 19.9. The van der Waals surface area contributed by atoms with E-state index in [0.717, 1.165) is 16.4 Å². The van der Waals surface area contributed by atoms with Gasteiger partial charge in [-0.05, 0) is 35.5 Å². The molecule has 0 saturated carbocycles. The molecule has 2 heteroatoms. The lowest BCUT2D eigenvalue weighted by molar-refractivity contribution is 0.104. The summed E-state index contributed by atoms with van der Waals surface area (Å²) in [5, 5.41) is 3.56. The van der Waals surface area contributed by atoms with E-state index in [1.807, 2.05) is 66.7 Å². The normalized spacial score (nSPS) is 11.1. The summed E-state index contributed by atoms with van der Waals surface area (Å²) in [6, 6.07) is 38.8. The molecule has 0 radical (unpaired) electrons. The Morgan fingerprint density at radius 1 is 0.586 bits per heavy atom. The molecule has 0 aliphatic rings. The molecule has 0 N–H and O–H groups in total. The number of allylic oxidation sites excluding steroid dienone is 1. The Hall–Kier alpha value is -3.28. The maximum Gasteiger partial charge on any atom is 0.186 e. The van der Waals surface area contributed by atoms with E-state index in [1.165, 1.54) is 10.6 Å². The molecular weight excluding hydrogens is 371 g/mol. The molecule has 4 aromatic carbocycles. The highest BCUT2D eigenvalue weighted by molar-refractivity contribution is 7.80. The van der Waals surface area contributed by atoms with Crippen molar-refractivity contribution in [3.05, 3.63) is 132 Å². The molecule has 0 atom stereocenters. The first-order chi connectivity index (χ1) is 14.3. The summed E-state index contributed by atoms with van der Waals surface area (Å²) in [4.78, 5) is 13.1. The summed E-state index contributed by atoms with van der Waals surface area (Å²) >= 11 is 0. The average molecular weight is 392 g/mol. The smallest absolute Gasteiger partial charge is 0.186 e. The molecule has 0 aliphatic carbocycles. The van der Waals surface area contributed by atoms with Crippen LogP contribution in [0.4, 0.5) is 0 Å². The van der Waals surface area contributed by atoms with Crippen LogP contribution >= 0.6 is 7.92 Å². The lowest BCUT2D eigenvalue weighted by Crippen LogP contribution is -2.24. The van der Waals surface area contributed by atoms with Crippen molar-refractivity contribution in [2.45, 2.75) is 0 Å². The fourth-order valence-corrected chi connectivity index (χ4v) is 5.74. The first-order valence-electron chi connectivity index (χ1n) is 9.60. The van der Waals surface area contributed by atoms with E-state index >= 15 is 0 Å². The average Bonchev–Trinajstić information content (AvgIpc) is 2.80. The minimum absolute atomic E-state index is 0.0313. The third-order valence-electron chi connectivity index (χ3n) is 4.67. The largest absolute Gasteiger partial charge is 0.289 e. The number of rotatable bonds is 6. The Balaban J connectivity index is 1.77. The van der Waals surface area contributed by atoms with Crippen LogP contribution in [-0.4, -0.2) is 5.78 Å². The second-order valence-corrected chi connectivity index (χ2v) is 8.82. The van der Waals surface area contributed by atoms with Crippen LogP contribution in [0.3, 0.4) is 0 Å². The van der Waals surface area contributed by atoms with Crippen molar-refractivity contribution in [2.24, 2.45) is 0 Å². The molecule has 0 saturated heterocycles. The minimum Gasteiger partial charge on any atom is -0.289 e. The number of carbonyl (C=O) groups excluding carboxylic acids is 1. The lowest BCUT2D eigenvalue weighted by atomic mass is 10.1. The first-order valence-corrected chi connectivity index (χ1v) is 10.9.